The fourth-order valence-corrected chi connectivity index (χ4v) is 2.41. The van der Waals surface area contributed by atoms with E-state index in [0.717, 1.165) is 0 Å². The first-order valence-electron chi connectivity index (χ1n) is 8.67. The number of rotatable bonds is 12. The minimum absolute atomic E-state index is 0.0414. The molecule has 12 heteroatoms. The summed E-state index contributed by atoms with van der Waals surface area (Å²) in [6.07, 6.45) is -0.160. The van der Waals surface area contributed by atoms with Crippen LogP contribution in [0.1, 0.15) is 33.6 Å². The molecule has 0 radical (unpaired) electrons. The highest BCUT2D eigenvalue weighted by molar-refractivity contribution is 7.80. The van der Waals surface area contributed by atoms with E-state index in [4.69, 9.17) is 11.5 Å². The van der Waals surface area contributed by atoms with Gasteiger partial charge in [-0.1, -0.05) is 13.8 Å². The predicted octanol–water partition coefficient (Wildman–Crippen LogP) is -2.28. The second-order valence-corrected chi connectivity index (χ2v) is 7.15. The van der Waals surface area contributed by atoms with E-state index in [1.807, 2.05) is 13.8 Å². The van der Waals surface area contributed by atoms with Gasteiger partial charge in [0.05, 0.1) is 12.5 Å². The van der Waals surface area contributed by atoms with Gasteiger partial charge in [-0.05, 0) is 19.3 Å². The number of nitrogens with two attached hydrogens (primary N) is 2. The number of thiol groups is 1. The molecule has 4 atom stereocenters. The van der Waals surface area contributed by atoms with E-state index in [1.54, 1.807) is 0 Å². The molecular formula is C16H29N5O6S. The van der Waals surface area contributed by atoms with E-state index in [-0.39, 0.29) is 18.1 Å². The van der Waals surface area contributed by atoms with Gasteiger partial charge in [0, 0.05) is 5.75 Å². The van der Waals surface area contributed by atoms with Gasteiger partial charge in [-0.25, -0.2) is 4.79 Å². The van der Waals surface area contributed by atoms with Crippen molar-refractivity contribution in [2.24, 2.45) is 17.4 Å². The van der Waals surface area contributed by atoms with Crippen LogP contribution in [0.25, 0.3) is 0 Å². The van der Waals surface area contributed by atoms with Gasteiger partial charge in [-0.2, -0.15) is 12.6 Å². The molecule has 8 N–H and O–H groups in total. The third kappa shape index (κ3) is 9.55. The van der Waals surface area contributed by atoms with Crippen LogP contribution in [0.15, 0.2) is 0 Å². The van der Waals surface area contributed by atoms with Crippen molar-refractivity contribution < 1.29 is 29.1 Å². The summed E-state index contributed by atoms with van der Waals surface area (Å²) < 4.78 is 0. The number of carboxylic acid groups (broad SMARTS) is 1. The Labute approximate surface area is 168 Å². The van der Waals surface area contributed by atoms with Crippen molar-refractivity contribution in [3.05, 3.63) is 0 Å². The van der Waals surface area contributed by atoms with Crippen molar-refractivity contribution >= 4 is 42.2 Å². The van der Waals surface area contributed by atoms with Gasteiger partial charge in [0.15, 0.2) is 0 Å². The first-order valence-corrected chi connectivity index (χ1v) is 9.30. The van der Waals surface area contributed by atoms with Gasteiger partial charge < -0.3 is 32.5 Å². The Morgan fingerprint density at radius 1 is 0.929 bits per heavy atom. The standard InChI is InChI=1S/C16H29N5O6S/c1-7(2)4-10(16(26)27)20-13(23)8(3)19-15(25)11(6-28)21-14(24)9(17)5-12(18)22/h7-11,28H,4-6,17H2,1-3H3,(H2,18,22)(H,19,25)(H,20,23)(H,21,24)(H,26,27). The molecule has 4 amide bonds. The SMILES string of the molecule is CC(C)CC(NC(=O)C(C)NC(=O)C(CS)NC(=O)C(N)CC(N)=O)C(=O)O. The largest absolute Gasteiger partial charge is 0.480 e. The lowest BCUT2D eigenvalue weighted by Crippen LogP contribution is -2.57. The fraction of sp³-hybridized carbons (Fsp3) is 0.688. The summed E-state index contributed by atoms with van der Waals surface area (Å²) in [5.41, 5.74) is 10.5. The number of carbonyl (C=O) groups is 5. The zero-order valence-corrected chi connectivity index (χ0v) is 17.0. The van der Waals surface area contributed by atoms with Crippen LogP contribution in [-0.4, -0.2) is 64.6 Å². The van der Waals surface area contributed by atoms with Crippen molar-refractivity contribution in [1.82, 2.24) is 16.0 Å². The molecule has 0 aromatic carbocycles. The molecule has 28 heavy (non-hydrogen) atoms. The van der Waals surface area contributed by atoms with Gasteiger partial charge in [0.2, 0.25) is 23.6 Å². The van der Waals surface area contributed by atoms with Crippen LogP contribution in [-0.2, 0) is 24.0 Å². The van der Waals surface area contributed by atoms with E-state index in [2.05, 4.69) is 28.6 Å². The summed E-state index contributed by atoms with van der Waals surface area (Å²) in [6.45, 7) is 5.00. The zero-order valence-electron chi connectivity index (χ0n) is 16.1. The summed E-state index contributed by atoms with van der Waals surface area (Å²) in [7, 11) is 0. The average Bonchev–Trinajstić information content (AvgIpc) is 2.57. The first kappa shape index (κ1) is 25.7. The van der Waals surface area contributed by atoms with Crippen LogP contribution in [0.3, 0.4) is 0 Å². The number of hydrogen-bond donors (Lipinski definition) is 7. The maximum absolute atomic E-state index is 12.3. The molecule has 0 aliphatic carbocycles. The van der Waals surface area contributed by atoms with E-state index in [1.165, 1.54) is 6.92 Å². The van der Waals surface area contributed by atoms with Crippen LogP contribution in [0.5, 0.6) is 0 Å². The van der Waals surface area contributed by atoms with Gasteiger partial charge >= 0.3 is 5.97 Å². The molecular weight excluding hydrogens is 390 g/mol. The smallest absolute Gasteiger partial charge is 0.326 e. The van der Waals surface area contributed by atoms with E-state index in [0.29, 0.717) is 0 Å². The third-order valence-corrected chi connectivity index (χ3v) is 4.01. The van der Waals surface area contributed by atoms with Gasteiger partial charge in [0.25, 0.3) is 0 Å². The summed E-state index contributed by atoms with van der Waals surface area (Å²) >= 11 is 3.98. The van der Waals surface area contributed by atoms with Gasteiger partial charge in [-0.15, -0.1) is 0 Å². The van der Waals surface area contributed by atoms with Crippen molar-refractivity contribution in [3.8, 4) is 0 Å². The molecule has 0 aliphatic heterocycles. The molecule has 0 rings (SSSR count). The number of hydrogen-bond acceptors (Lipinski definition) is 7. The molecule has 11 nitrogen and oxygen atoms in total. The first-order chi connectivity index (χ1) is 12.9. The Morgan fingerprint density at radius 2 is 1.46 bits per heavy atom. The Bertz CT molecular complexity index is 600. The highest BCUT2D eigenvalue weighted by atomic mass is 32.1. The van der Waals surface area contributed by atoms with Crippen molar-refractivity contribution in [3.63, 3.8) is 0 Å². The minimum Gasteiger partial charge on any atom is -0.480 e. The van der Waals surface area contributed by atoms with Gasteiger partial charge in [-0.3, -0.25) is 19.2 Å². The molecule has 0 aromatic heterocycles. The number of primary amides is 1. The minimum atomic E-state index is -1.22. The summed E-state index contributed by atoms with van der Waals surface area (Å²) in [6, 6.07) is -4.48. The van der Waals surface area contributed by atoms with Crippen LogP contribution in [0.2, 0.25) is 0 Å². The van der Waals surface area contributed by atoms with Crippen LogP contribution in [0.4, 0.5) is 0 Å². The van der Waals surface area contributed by atoms with Crippen molar-refractivity contribution in [2.45, 2.75) is 57.8 Å². The maximum atomic E-state index is 12.3. The highest BCUT2D eigenvalue weighted by Gasteiger charge is 2.28. The molecule has 0 saturated heterocycles. The Hall–Kier alpha value is -2.34. The number of nitrogens with one attached hydrogen (secondary N) is 3. The molecule has 0 spiro atoms. The second-order valence-electron chi connectivity index (χ2n) is 6.78. The Kier molecular flexibility index (Phi) is 11.2. The lowest BCUT2D eigenvalue weighted by atomic mass is 10.0. The second kappa shape index (κ2) is 12.2. The molecule has 0 bridgehead atoms. The fourth-order valence-electron chi connectivity index (χ4n) is 2.15. The number of amides is 4. The zero-order chi connectivity index (χ0) is 22.0. The third-order valence-electron chi connectivity index (χ3n) is 3.65. The van der Waals surface area contributed by atoms with Crippen LogP contribution < -0.4 is 27.4 Å². The molecule has 0 heterocycles. The summed E-state index contributed by atoms with van der Waals surface area (Å²) in [4.78, 5) is 58.4. The normalized spacial score (nSPS) is 15.1. The highest BCUT2D eigenvalue weighted by Crippen LogP contribution is 2.05. The van der Waals surface area contributed by atoms with Crippen molar-refractivity contribution in [2.75, 3.05) is 5.75 Å². The summed E-state index contributed by atoms with van der Waals surface area (Å²) in [5, 5.41) is 16.2. The van der Waals surface area contributed by atoms with E-state index in [9.17, 15) is 29.1 Å². The van der Waals surface area contributed by atoms with Crippen molar-refractivity contribution in [1.29, 1.82) is 0 Å². The molecule has 4 unspecified atom stereocenters. The average molecular weight is 420 g/mol. The number of aliphatic carboxylic acids is 1. The van der Waals surface area contributed by atoms with E-state index >= 15 is 0 Å². The lowest BCUT2D eigenvalue weighted by Gasteiger charge is -2.23. The quantitative estimate of drug-likeness (QED) is 0.173. The maximum Gasteiger partial charge on any atom is 0.326 e. The number of carbonyl (C=O) groups excluding carboxylic acids is 4. The van der Waals surface area contributed by atoms with Crippen LogP contribution >= 0.6 is 12.6 Å². The predicted molar refractivity (Wildman–Crippen MR) is 104 cm³/mol. The Balaban J connectivity index is 4.82. The number of carboxylic acids is 1. The molecule has 0 saturated carbocycles. The Morgan fingerprint density at radius 3 is 1.89 bits per heavy atom. The monoisotopic (exact) mass is 419 g/mol. The van der Waals surface area contributed by atoms with Gasteiger partial charge in [0.1, 0.15) is 18.1 Å². The topological polar surface area (TPSA) is 194 Å². The van der Waals surface area contributed by atoms with E-state index < -0.39 is 60.2 Å². The lowest BCUT2D eigenvalue weighted by molar-refractivity contribution is -0.142. The summed E-state index contributed by atoms with van der Waals surface area (Å²) in [5.74, 6) is -4.17. The molecule has 0 aliphatic rings. The van der Waals surface area contributed by atoms with Crippen LogP contribution in [0, 0.1) is 5.92 Å². The molecule has 0 fully saturated rings. The molecule has 160 valence electrons. The molecule has 0 aromatic rings.